The fourth-order valence-electron chi connectivity index (χ4n) is 2.12. The number of rotatable bonds is 1. The van der Waals surface area contributed by atoms with Crippen molar-refractivity contribution in [2.75, 3.05) is 5.73 Å². The van der Waals surface area contributed by atoms with E-state index in [2.05, 4.69) is 32.9 Å². The molecule has 0 radical (unpaired) electrons. The molecule has 4 heteroatoms. The fraction of sp³-hybridized carbons (Fsp3) is 0.400. The topological polar surface area (TPSA) is 53.0 Å². The Bertz CT molecular complexity index is 654. The number of nitrogens with two attached hydrogens (primary N) is 1. The average molecular weight is 259 g/mol. The van der Waals surface area contributed by atoms with Crippen LogP contribution < -0.4 is 11.3 Å². The first-order valence-electron chi connectivity index (χ1n) is 6.38. The zero-order valence-electron chi connectivity index (χ0n) is 12.2. The molecule has 2 N–H and O–H groups in total. The van der Waals surface area contributed by atoms with E-state index in [0.29, 0.717) is 5.69 Å². The van der Waals surface area contributed by atoms with E-state index in [0.717, 1.165) is 11.4 Å². The fourth-order valence-corrected chi connectivity index (χ4v) is 2.12. The number of hydrogen-bond acceptors (Lipinski definition) is 2. The van der Waals surface area contributed by atoms with E-state index in [1.165, 1.54) is 5.56 Å². The van der Waals surface area contributed by atoms with Crippen molar-refractivity contribution in [3.63, 3.8) is 0 Å². The van der Waals surface area contributed by atoms with Crippen molar-refractivity contribution in [2.45, 2.75) is 33.1 Å². The summed E-state index contributed by atoms with van der Waals surface area (Å²) in [7, 11) is 1.84. The van der Waals surface area contributed by atoms with E-state index in [1.54, 1.807) is 9.36 Å². The maximum absolute atomic E-state index is 12.1. The molecule has 2 aromatic rings. The minimum atomic E-state index is -0.163. The van der Waals surface area contributed by atoms with Gasteiger partial charge in [-0.3, -0.25) is 9.48 Å². The summed E-state index contributed by atoms with van der Waals surface area (Å²) in [5, 5.41) is 0. The van der Waals surface area contributed by atoms with Crippen LogP contribution in [0.15, 0.2) is 29.1 Å². The largest absolute Gasteiger partial charge is 0.393 e. The van der Waals surface area contributed by atoms with Gasteiger partial charge in [-0.2, -0.15) is 0 Å². The van der Waals surface area contributed by atoms with Crippen molar-refractivity contribution in [1.29, 1.82) is 0 Å². The van der Waals surface area contributed by atoms with Gasteiger partial charge in [0.25, 0.3) is 5.56 Å². The summed E-state index contributed by atoms with van der Waals surface area (Å²) in [6.45, 7) is 8.34. The van der Waals surface area contributed by atoms with Crippen LogP contribution in [-0.4, -0.2) is 9.36 Å². The second-order valence-corrected chi connectivity index (χ2v) is 5.94. The number of benzene rings is 1. The maximum atomic E-state index is 12.1. The molecule has 4 nitrogen and oxygen atoms in total. The van der Waals surface area contributed by atoms with Gasteiger partial charge in [-0.1, -0.05) is 32.9 Å². The predicted molar refractivity (Wildman–Crippen MR) is 78.9 cm³/mol. The van der Waals surface area contributed by atoms with Gasteiger partial charge in [0.1, 0.15) is 5.69 Å². The first-order valence-corrected chi connectivity index (χ1v) is 6.38. The number of nitrogen functional groups attached to an aromatic ring is 1. The third-order valence-electron chi connectivity index (χ3n) is 3.58. The Morgan fingerprint density at radius 3 is 2.00 bits per heavy atom. The average Bonchev–Trinajstić information content (AvgIpc) is 2.53. The summed E-state index contributed by atoms with van der Waals surface area (Å²) < 4.78 is 3.38. The van der Waals surface area contributed by atoms with Gasteiger partial charge in [-0.15, -0.1) is 0 Å². The first-order chi connectivity index (χ1) is 8.73. The zero-order valence-corrected chi connectivity index (χ0v) is 12.2. The van der Waals surface area contributed by atoms with Crippen molar-refractivity contribution >= 4 is 5.69 Å². The molecule has 1 aromatic carbocycles. The summed E-state index contributed by atoms with van der Waals surface area (Å²) in [6.07, 6.45) is 0. The quantitative estimate of drug-likeness (QED) is 0.854. The van der Waals surface area contributed by atoms with Crippen molar-refractivity contribution in [3.05, 3.63) is 45.9 Å². The van der Waals surface area contributed by atoms with Crippen LogP contribution in [0.3, 0.4) is 0 Å². The third-order valence-corrected chi connectivity index (χ3v) is 3.58. The SMILES string of the molecule is Cc1c(N)c(=O)n(-c2ccc(C(C)(C)C)cc2)n1C. The van der Waals surface area contributed by atoms with Crippen LogP contribution in [0.25, 0.3) is 5.69 Å². The van der Waals surface area contributed by atoms with Gasteiger partial charge in [0.05, 0.1) is 11.4 Å². The van der Waals surface area contributed by atoms with E-state index in [4.69, 9.17) is 5.73 Å². The van der Waals surface area contributed by atoms with Crippen LogP contribution >= 0.6 is 0 Å². The highest BCUT2D eigenvalue weighted by atomic mass is 16.1. The molecule has 1 aromatic heterocycles. The summed E-state index contributed by atoms with van der Waals surface area (Å²) in [5.74, 6) is 0. The monoisotopic (exact) mass is 259 g/mol. The highest BCUT2D eigenvalue weighted by Crippen LogP contribution is 2.23. The Hall–Kier alpha value is -1.97. The minimum Gasteiger partial charge on any atom is -0.393 e. The van der Waals surface area contributed by atoms with Gasteiger partial charge < -0.3 is 5.73 Å². The molecule has 0 aliphatic carbocycles. The molecule has 0 spiro atoms. The molecule has 19 heavy (non-hydrogen) atoms. The number of anilines is 1. The van der Waals surface area contributed by atoms with Crippen molar-refractivity contribution in [3.8, 4) is 5.69 Å². The molecule has 0 bridgehead atoms. The minimum absolute atomic E-state index is 0.104. The molecule has 0 saturated heterocycles. The Morgan fingerprint density at radius 2 is 1.63 bits per heavy atom. The van der Waals surface area contributed by atoms with Crippen molar-refractivity contribution in [1.82, 2.24) is 9.36 Å². The molecule has 0 aliphatic heterocycles. The lowest BCUT2D eigenvalue weighted by atomic mass is 9.87. The Morgan fingerprint density at radius 1 is 1.11 bits per heavy atom. The second-order valence-electron chi connectivity index (χ2n) is 5.94. The normalized spacial score (nSPS) is 11.8. The van der Waals surface area contributed by atoms with Crippen LogP contribution in [-0.2, 0) is 12.5 Å². The highest BCUT2D eigenvalue weighted by Gasteiger charge is 2.16. The first kappa shape index (κ1) is 13.5. The lowest BCUT2D eigenvalue weighted by Crippen LogP contribution is -2.21. The lowest BCUT2D eigenvalue weighted by molar-refractivity contribution is 0.588. The molecule has 0 unspecified atom stereocenters. The molecular weight excluding hydrogens is 238 g/mol. The van der Waals surface area contributed by atoms with Gasteiger partial charge in [-0.25, -0.2) is 4.68 Å². The number of hydrogen-bond donors (Lipinski definition) is 1. The van der Waals surface area contributed by atoms with Crippen LogP contribution in [0.4, 0.5) is 5.69 Å². The van der Waals surface area contributed by atoms with Crippen LogP contribution in [0.5, 0.6) is 0 Å². The Labute approximate surface area is 113 Å². The summed E-state index contributed by atoms with van der Waals surface area (Å²) >= 11 is 0. The van der Waals surface area contributed by atoms with Gasteiger partial charge >= 0.3 is 0 Å². The van der Waals surface area contributed by atoms with E-state index >= 15 is 0 Å². The summed E-state index contributed by atoms with van der Waals surface area (Å²) in [6, 6.07) is 8.03. The highest BCUT2D eigenvalue weighted by molar-refractivity contribution is 5.45. The molecular formula is C15H21N3O. The zero-order chi connectivity index (χ0) is 14.4. The summed E-state index contributed by atoms with van der Waals surface area (Å²) in [4.78, 5) is 12.1. The predicted octanol–water partition coefficient (Wildman–Crippen LogP) is 2.36. The molecule has 1 heterocycles. The van der Waals surface area contributed by atoms with E-state index in [9.17, 15) is 4.79 Å². The van der Waals surface area contributed by atoms with Crippen molar-refractivity contribution in [2.24, 2.45) is 7.05 Å². The Kier molecular flexibility index (Phi) is 3.04. The standard InChI is InChI=1S/C15H21N3O/c1-10-13(16)14(19)18(17(10)5)12-8-6-11(7-9-12)15(2,3)4/h6-9H,16H2,1-5H3. The molecule has 2 rings (SSSR count). The smallest absolute Gasteiger partial charge is 0.294 e. The van der Waals surface area contributed by atoms with E-state index in [1.807, 2.05) is 26.1 Å². The molecule has 0 atom stereocenters. The van der Waals surface area contributed by atoms with Gasteiger partial charge in [0, 0.05) is 7.05 Å². The second kappa shape index (κ2) is 4.30. The van der Waals surface area contributed by atoms with Crippen LogP contribution in [0, 0.1) is 6.92 Å². The maximum Gasteiger partial charge on any atom is 0.294 e. The van der Waals surface area contributed by atoms with Gasteiger partial charge in [0.2, 0.25) is 0 Å². The lowest BCUT2D eigenvalue weighted by Gasteiger charge is -2.19. The molecule has 102 valence electrons. The molecule has 0 aliphatic rings. The molecule has 0 amide bonds. The number of aromatic nitrogens is 2. The molecule has 0 fully saturated rings. The van der Waals surface area contributed by atoms with Gasteiger partial charge in [-0.05, 0) is 30.0 Å². The van der Waals surface area contributed by atoms with Crippen LogP contribution in [0.1, 0.15) is 32.0 Å². The number of nitrogens with zero attached hydrogens (tertiary/aromatic N) is 2. The van der Waals surface area contributed by atoms with Gasteiger partial charge in [0.15, 0.2) is 0 Å². The van der Waals surface area contributed by atoms with Crippen molar-refractivity contribution < 1.29 is 0 Å². The summed E-state index contributed by atoms with van der Waals surface area (Å²) in [5.41, 5.74) is 8.89. The third kappa shape index (κ3) is 2.18. The Balaban J connectivity index is 2.56. The van der Waals surface area contributed by atoms with Crippen LogP contribution in [0.2, 0.25) is 0 Å². The van der Waals surface area contributed by atoms with E-state index in [-0.39, 0.29) is 11.0 Å². The van der Waals surface area contributed by atoms with E-state index < -0.39 is 0 Å². The molecule has 0 saturated carbocycles.